The molecule has 0 fully saturated rings. The second-order valence-corrected chi connectivity index (χ2v) is 9.21. The first kappa shape index (κ1) is 21.9. The van der Waals surface area contributed by atoms with Crippen molar-refractivity contribution in [1.29, 1.82) is 0 Å². The molecule has 3 aromatic rings. The van der Waals surface area contributed by atoms with E-state index < -0.39 is 27.9 Å². The van der Waals surface area contributed by atoms with E-state index in [-0.39, 0.29) is 23.4 Å². The molecule has 2 heterocycles. The van der Waals surface area contributed by atoms with Crippen LogP contribution in [0.15, 0.2) is 65.8 Å². The van der Waals surface area contributed by atoms with Crippen molar-refractivity contribution in [3.63, 3.8) is 0 Å². The minimum absolute atomic E-state index is 0.0575. The monoisotopic (exact) mass is 456 g/mol. The van der Waals surface area contributed by atoms with Gasteiger partial charge in [0.05, 0.1) is 4.90 Å². The van der Waals surface area contributed by atoms with Crippen LogP contribution in [0.1, 0.15) is 29.7 Å². The number of benzene rings is 2. The minimum Gasteiger partial charge on any atom is -0.480 e. The largest absolute Gasteiger partial charge is 0.480 e. The molecule has 1 aromatic heterocycles. The molecule has 0 saturated carbocycles. The van der Waals surface area contributed by atoms with E-state index in [1.165, 1.54) is 30.3 Å². The number of halogens is 1. The summed E-state index contributed by atoms with van der Waals surface area (Å²) >= 11 is 0. The highest BCUT2D eigenvalue weighted by Crippen LogP contribution is 2.38. The lowest BCUT2D eigenvalue weighted by atomic mass is 9.89. The predicted molar refractivity (Wildman–Crippen MR) is 115 cm³/mol. The molecule has 166 valence electrons. The summed E-state index contributed by atoms with van der Waals surface area (Å²) in [4.78, 5) is 15.9. The maximum Gasteiger partial charge on any atom is 0.326 e. The van der Waals surface area contributed by atoms with E-state index in [2.05, 4.69) is 4.98 Å². The number of aryl methyl sites for hydroxylation is 1. The maximum absolute atomic E-state index is 14.7. The Kier molecular flexibility index (Phi) is 5.94. The molecule has 0 aliphatic carbocycles. The van der Waals surface area contributed by atoms with Crippen molar-refractivity contribution >= 4 is 16.0 Å². The molecule has 0 saturated heterocycles. The Bertz CT molecular complexity index is 1250. The van der Waals surface area contributed by atoms with Crippen molar-refractivity contribution < 1.29 is 27.4 Å². The van der Waals surface area contributed by atoms with Gasteiger partial charge in [0, 0.05) is 24.5 Å². The Hall–Kier alpha value is -3.30. The number of carboxylic acids is 1. The van der Waals surface area contributed by atoms with Gasteiger partial charge in [-0.15, -0.1) is 0 Å². The fraction of sp³-hybridized carbons (Fsp3) is 0.217. The average Bonchev–Trinajstić information content (AvgIpc) is 2.79. The van der Waals surface area contributed by atoms with Crippen LogP contribution in [0, 0.1) is 5.82 Å². The van der Waals surface area contributed by atoms with Crippen LogP contribution < -0.4 is 4.74 Å². The molecule has 0 bridgehead atoms. The topological polar surface area (TPSA) is 96.8 Å². The van der Waals surface area contributed by atoms with Crippen LogP contribution in [0.5, 0.6) is 11.5 Å². The third kappa shape index (κ3) is 3.96. The van der Waals surface area contributed by atoms with Crippen LogP contribution in [0.2, 0.25) is 0 Å². The highest BCUT2D eigenvalue weighted by Gasteiger charge is 2.42. The quantitative estimate of drug-likeness (QED) is 0.603. The van der Waals surface area contributed by atoms with Crippen molar-refractivity contribution in [2.75, 3.05) is 6.54 Å². The molecular weight excluding hydrogens is 435 g/mol. The Balaban J connectivity index is 1.68. The summed E-state index contributed by atoms with van der Waals surface area (Å²) in [5.41, 5.74) is 1.32. The highest BCUT2D eigenvalue weighted by molar-refractivity contribution is 7.89. The lowest BCUT2D eigenvalue weighted by Crippen LogP contribution is -2.44. The Morgan fingerprint density at radius 2 is 1.78 bits per heavy atom. The molecular formula is C23H21FN2O5S. The summed E-state index contributed by atoms with van der Waals surface area (Å²) in [6.07, 6.45) is 3.97. The Morgan fingerprint density at radius 3 is 2.41 bits per heavy atom. The van der Waals surface area contributed by atoms with Gasteiger partial charge in [0.25, 0.3) is 0 Å². The summed E-state index contributed by atoms with van der Waals surface area (Å²) in [7, 11) is -4.20. The number of hydrogen-bond donors (Lipinski definition) is 1. The van der Waals surface area contributed by atoms with E-state index >= 15 is 0 Å². The van der Waals surface area contributed by atoms with Gasteiger partial charge in [0.2, 0.25) is 10.0 Å². The van der Waals surface area contributed by atoms with E-state index in [9.17, 15) is 22.7 Å². The molecule has 1 atom stereocenters. The fourth-order valence-electron chi connectivity index (χ4n) is 3.96. The average molecular weight is 456 g/mol. The summed E-state index contributed by atoms with van der Waals surface area (Å²) in [5.74, 6) is -1.19. The fourth-order valence-corrected chi connectivity index (χ4v) is 5.52. The minimum atomic E-state index is -4.20. The lowest BCUT2D eigenvalue weighted by molar-refractivity contribution is -0.142. The van der Waals surface area contributed by atoms with Crippen molar-refractivity contribution in [2.45, 2.75) is 30.7 Å². The molecule has 1 N–H and O–H groups in total. The van der Waals surface area contributed by atoms with Crippen LogP contribution in [0.4, 0.5) is 4.39 Å². The molecule has 32 heavy (non-hydrogen) atoms. The highest BCUT2D eigenvalue weighted by atomic mass is 32.2. The predicted octanol–water partition coefficient (Wildman–Crippen LogP) is 3.95. The van der Waals surface area contributed by atoms with Crippen molar-refractivity contribution in [2.24, 2.45) is 0 Å². The zero-order valence-electron chi connectivity index (χ0n) is 17.2. The number of carbonyl (C=O) groups is 1. The molecule has 1 aliphatic heterocycles. The van der Waals surface area contributed by atoms with Gasteiger partial charge in [0.1, 0.15) is 17.3 Å². The number of nitrogens with zero attached hydrogens (tertiary/aromatic N) is 2. The second kappa shape index (κ2) is 8.68. The van der Waals surface area contributed by atoms with E-state index in [4.69, 9.17) is 4.74 Å². The zero-order valence-corrected chi connectivity index (χ0v) is 18.0. The van der Waals surface area contributed by atoms with Crippen molar-refractivity contribution in [3.8, 4) is 11.5 Å². The van der Waals surface area contributed by atoms with Gasteiger partial charge in [-0.25, -0.2) is 12.8 Å². The molecule has 1 unspecified atom stereocenters. The van der Waals surface area contributed by atoms with Crippen LogP contribution >= 0.6 is 0 Å². The van der Waals surface area contributed by atoms with E-state index in [0.717, 1.165) is 9.87 Å². The third-order valence-electron chi connectivity index (χ3n) is 5.48. The second-order valence-electron chi connectivity index (χ2n) is 7.32. The third-order valence-corrected chi connectivity index (χ3v) is 7.35. The van der Waals surface area contributed by atoms with E-state index in [1.54, 1.807) is 30.6 Å². The van der Waals surface area contributed by atoms with Gasteiger partial charge in [-0.1, -0.05) is 13.0 Å². The van der Waals surface area contributed by atoms with Gasteiger partial charge in [0.15, 0.2) is 6.04 Å². The molecule has 0 spiro atoms. The van der Waals surface area contributed by atoms with Crippen LogP contribution in [-0.2, 0) is 27.7 Å². The Labute approximate surface area is 185 Å². The first-order chi connectivity index (χ1) is 15.3. The van der Waals surface area contributed by atoms with Gasteiger partial charge in [-0.05, 0) is 66.4 Å². The van der Waals surface area contributed by atoms with Crippen LogP contribution in [-0.4, -0.2) is 35.3 Å². The molecule has 2 aromatic carbocycles. The number of ether oxygens (including phenoxy) is 1. The smallest absolute Gasteiger partial charge is 0.326 e. The standard InChI is InChI=1S/C23H21FN2O5S/c1-2-15-3-8-20(24)21-19(15)11-14-26(22(21)23(27)28)32(29,30)18-6-4-16(5-7-18)31-17-9-12-25-13-10-17/h3-10,12-13,22H,2,11,14H2,1H3,(H,27,28). The van der Waals surface area contributed by atoms with Gasteiger partial charge in [-0.2, -0.15) is 4.31 Å². The van der Waals surface area contributed by atoms with Gasteiger partial charge >= 0.3 is 5.97 Å². The Morgan fingerprint density at radius 1 is 1.12 bits per heavy atom. The maximum atomic E-state index is 14.7. The van der Waals surface area contributed by atoms with Crippen molar-refractivity contribution in [3.05, 3.63) is 83.4 Å². The number of aliphatic carboxylic acids is 1. The molecule has 7 nitrogen and oxygen atoms in total. The van der Waals surface area contributed by atoms with Crippen LogP contribution in [0.3, 0.4) is 0 Å². The number of sulfonamides is 1. The number of aromatic nitrogens is 1. The molecule has 9 heteroatoms. The summed E-state index contributed by atoms with van der Waals surface area (Å²) in [6, 6.07) is 10.2. The number of carboxylic acid groups (broad SMARTS) is 1. The molecule has 4 rings (SSSR count). The first-order valence-electron chi connectivity index (χ1n) is 10.1. The van der Waals surface area contributed by atoms with E-state index in [1.807, 2.05) is 6.92 Å². The van der Waals surface area contributed by atoms with Gasteiger partial charge < -0.3 is 9.84 Å². The van der Waals surface area contributed by atoms with Crippen LogP contribution in [0.25, 0.3) is 0 Å². The number of pyridine rings is 1. The summed E-state index contributed by atoms with van der Waals surface area (Å²) < 4.78 is 47.9. The SMILES string of the molecule is CCc1ccc(F)c2c1CCN(S(=O)(=O)c1ccc(Oc3ccncc3)cc1)C2C(=O)O. The normalized spacial score (nSPS) is 16.4. The summed E-state index contributed by atoms with van der Waals surface area (Å²) in [5, 5.41) is 9.86. The summed E-state index contributed by atoms with van der Waals surface area (Å²) in [6.45, 7) is 1.83. The van der Waals surface area contributed by atoms with Gasteiger partial charge in [-0.3, -0.25) is 9.78 Å². The molecule has 1 aliphatic rings. The number of hydrogen-bond acceptors (Lipinski definition) is 5. The molecule has 0 amide bonds. The first-order valence-corrected chi connectivity index (χ1v) is 11.5. The molecule has 0 radical (unpaired) electrons. The number of rotatable bonds is 6. The number of fused-ring (bicyclic) bond motifs is 1. The zero-order chi connectivity index (χ0) is 22.9. The lowest BCUT2D eigenvalue weighted by Gasteiger charge is -2.35. The van der Waals surface area contributed by atoms with Crippen molar-refractivity contribution in [1.82, 2.24) is 9.29 Å². The van der Waals surface area contributed by atoms with E-state index in [0.29, 0.717) is 23.5 Å².